The van der Waals surface area contributed by atoms with Crippen molar-refractivity contribution in [3.8, 4) is 11.6 Å². The van der Waals surface area contributed by atoms with Gasteiger partial charge in [-0.25, -0.2) is 18.7 Å². The predicted octanol–water partition coefficient (Wildman–Crippen LogP) is 1.12. The lowest BCUT2D eigenvalue weighted by atomic mass is 10.0. The zero-order valence-electron chi connectivity index (χ0n) is 33.9. The Morgan fingerprint density at radius 1 is 0.690 bits per heavy atom. The predicted molar refractivity (Wildman–Crippen MR) is 212 cm³/mol. The quantitative estimate of drug-likeness (QED) is 0.107. The number of nitrogens with zero attached hydrogens (tertiary/aromatic N) is 6. The Morgan fingerprint density at radius 2 is 1.12 bits per heavy atom. The van der Waals surface area contributed by atoms with Crippen LogP contribution >= 0.6 is 0 Å². The number of aromatic nitrogens is 4. The topological polar surface area (TPSA) is 199 Å². The normalized spacial score (nSPS) is 21.8. The number of amides is 4. The maximum absolute atomic E-state index is 14.8. The SMILES string of the molecule is CN[C@H](C)C(=O)N[C@H](C)C(=O)N1CC(O)C[C@H]1Cn1c(-c2nc3cc(F)ccc3n2C[C@@H]2CC(O)CN2C(=O)[C@H](NC(=O)[C@@H](C)NC)C(C)C)nc2cc(F)ccc21. The highest BCUT2D eigenvalue weighted by atomic mass is 19.1. The van der Waals surface area contributed by atoms with Crippen LogP contribution < -0.4 is 21.3 Å². The van der Waals surface area contributed by atoms with Gasteiger partial charge < -0.3 is 50.4 Å². The lowest BCUT2D eigenvalue weighted by molar-refractivity contribution is -0.139. The highest BCUT2D eigenvalue weighted by molar-refractivity contribution is 5.91. The third-order valence-corrected chi connectivity index (χ3v) is 11.4. The van der Waals surface area contributed by atoms with Crippen molar-refractivity contribution < 1.29 is 38.2 Å². The third-order valence-electron chi connectivity index (χ3n) is 11.4. The molecular formula is C40H54F2N10O6. The van der Waals surface area contributed by atoms with Crippen molar-refractivity contribution in [2.45, 2.75) is 109 Å². The van der Waals surface area contributed by atoms with E-state index in [0.717, 1.165) is 0 Å². The number of nitrogens with one attached hydrogen (secondary N) is 4. The van der Waals surface area contributed by atoms with E-state index in [1.54, 1.807) is 61.0 Å². The molecule has 2 aliphatic heterocycles. The molecule has 4 aromatic rings. The van der Waals surface area contributed by atoms with Crippen molar-refractivity contribution in [3.05, 3.63) is 48.0 Å². The Balaban J connectivity index is 1.40. The molecule has 2 saturated heterocycles. The Kier molecular flexibility index (Phi) is 12.8. The average molecular weight is 809 g/mol. The van der Waals surface area contributed by atoms with Crippen LogP contribution in [0.5, 0.6) is 0 Å². The minimum Gasteiger partial charge on any atom is -0.391 e. The number of imidazole rings is 2. The molecule has 6 rings (SSSR count). The van der Waals surface area contributed by atoms with E-state index < -0.39 is 66.0 Å². The maximum Gasteiger partial charge on any atom is 0.245 e. The number of aliphatic hydroxyl groups is 2. The number of likely N-dealkylation sites (tertiary alicyclic amines) is 2. The molecule has 4 heterocycles. The first kappa shape index (κ1) is 42.6. The van der Waals surface area contributed by atoms with Gasteiger partial charge in [-0.2, -0.15) is 0 Å². The van der Waals surface area contributed by atoms with Crippen molar-refractivity contribution in [2.75, 3.05) is 27.2 Å². The molecular weight excluding hydrogens is 754 g/mol. The number of benzene rings is 2. The van der Waals surface area contributed by atoms with Crippen LogP contribution in [0.1, 0.15) is 47.5 Å². The molecule has 16 nitrogen and oxygen atoms in total. The Bertz CT molecular complexity index is 2180. The number of β-amino-alcohol motifs (C(OH)–C–C–N with tert-alkyl or cyclic N) is 2. The van der Waals surface area contributed by atoms with Crippen molar-refractivity contribution in [1.82, 2.24) is 50.2 Å². The number of hydrogen-bond donors (Lipinski definition) is 6. The van der Waals surface area contributed by atoms with Gasteiger partial charge in [0.15, 0.2) is 11.6 Å². The molecule has 2 aliphatic rings. The summed E-state index contributed by atoms with van der Waals surface area (Å²) in [6, 6.07) is 4.26. The van der Waals surface area contributed by atoms with Gasteiger partial charge in [0.25, 0.3) is 0 Å². The minimum absolute atomic E-state index is 0.0270. The van der Waals surface area contributed by atoms with Crippen LogP contribution in [0.2, 0.25) is 0 Å². The van der Waals surface area contributed by atoms with E-state index in [4.69, 9.17) is 9.97 Å². The van der Waals surface area contributed by atoms with Crippen LogP contribution in [-0.4, -0.2) is 138 Å². The molecule has 2 aromatic carbocycles. The molecule has 6 N–H and O–H groups in total. The molecule has 0 saturated carbocycles. The van der Waals surface area contributed by atoms with Gasteiger partial charge in [0.2, 0.25) is 23.6 Å². The monoisotopic (exact) mass is 808 g/mol. The van der Waals surface area contributed by atoms with E-state index in [2.05, 4.69) is 21.3 Å². The molecule has 0 bridgehead atoms. The average Bonchev–Trinajstić information content (AvgIpc) is 3.94. The van der Waals surface area contributed by atoms with Crippen LogP contribution in [0.4, 0.5) is 8.78 Å². The lowest BCUT2D eigenvalue weighted by Crippen LogP contribution is -2.55. The first-order valence-corrected chi connectivity index (χ1v) is 19.7. The largest absolute Gasteiger partial charge is 0.391 e. The molecule has 314 valence electrons. The second-order valence-electron chi connectivity index (χ2n) is 15.9. The number of carbonyl (C=O) groups is 4. The molecule has 2 fully saturated rings. The van der Waals surface area contributed by atoms with E-state index in [1.807, 2.05) is 13.8 Å². The molecule has 0 aliphatic carbocycles. The van der Waals surface area contributed by atoms with E-state index in [-0.39, 0.29) is 85.3 Å². The Hall–Kier alpha value is -5.04. The summed E-state index contributed by atoms with van der Waals surface area (Å²) < 4.78 is 33.1. The molecule has 0 spiro atoms. The van der Waals surface area contributed by atoms with Crippen molar-refractivity contribution >= 4 is 45.7 Å². The summed E-state index contributed by atoms with van der Waals surface area (Å²) >= 11 is 0. The minimum atomic E-state index is -0.897. The van der Waals surface area contributed by atoms with Crippen molar-refractivity contribution in [1.29, 1.82) is 0 Å². The number of aliphatic hydroxyl groups excluding tert-OH is 2. The summed E-state index contributed by atoms with van der Waals surface area (Å²) in [7, 11) is 3.28. The fraction of sp³-hybridized carbons (Fsp3) is 0.550. The molecule has 2 unspecified atom stereocenters. The smallest absolute Gasteiger partial charge is 0.245 e. The van der Waals surface area contributed by atoms with Crippen LogP contribution in [0.3, 0.4) is 0 Å². The van der Waals surface area contributed by atoms with Gasteiger partial charge in [0.1, 0.15) is 23.7 Å². The summed E-state index contributed by atoms with van der Waals surface area (Å²) in [5.74, 6) is -2.26. The highest BCUT2D eigenvalue weighted by Crippen LogP contribution is 2.33. The molecule has 0 radical (unpaired) electrons. The number of likely N-dealkylation sites (N-methyl/N-ethyl adjacent to an activating group) is 2. The van der Waals surface area contributed by atoms with E-state index in [1.165, 1.54) is 29.2 Å². The number of fused-ring (bicyclic) bond motifs is 2. The summed E-state index contributed by atoms with van der Waals surface area (Å²) in [5.41, 5.74) is 1.61. The van der Waals surface area contributed by atoms with Crippen molar-refractivity contribution in [2.24, 2.45) is 5.92 Å². The zero-order chi connectivity index (χ0) is 42.2. The van der Waals surface area contributed by atoms with Gasteiger partial charge in [-0.15, -0.1) is 0 Å². The van der Waals surface area contributed by atoms with Crippen LogP contribution in [0, 0.1) is 17.6 Å². The Labute approximate surface area is 335 Å². The number of carbonyl (C=O) groups excluding carboxylic acids is 4. The number of halogens is 2. The zero-order valence-corrected chi connectivity index (χ0v) is 33.9. The molecule has 18 heteroatoms. The molecule has 4 amide bonds. The first-order chi connectivity index (χ1) is 27.5. The van der Waals surface area contributed by atoms with Crippen LogP contribution in [0.15, 0.2) is 36.4 Å². The van der Waals surface area contributed by atoms with Crippen LogP contribution in [0.25, 0.3) is 33.7 Å². The van der Waals surface area contributed by atoms with Gasteiger partial charge in [-0.3, -0.25) is 19.2 Å². The standard InChI is InChI=1S/C40H54F2N10O6/c1-20(2)34(48-38(56)22(4)44-7)40(58)50-19-29(54)15-27(50)17-52-33-11-9-25(42)13-31(33)47-36(52)35-46-30-12-24(41)8-10-32(30)51(35)16-26-14-28(53)18-49(26)39(57)23(5)45-37(55)21(3)43-6/h8-13,20-23,26-29,34,43-44,53-54H,14-19H2,1-7H3,(H,45,55)(H,48,56)/t21-,22-,23-,26+,27+,28?,29?,34-/m1/s1. The highest BCUT2D eigenvalue weighted by Gasteiger charge is 2.41. The maximum atomic E-state index is 14.8. The fourth-order valence-electron chi connectivity index (χ4n) is 7.89. The van der Waals surface area contributed by atoms with E-state index in [0.29, 0.717) is 11.0 Å². The summed E-state index contributed by atoms with van der Waals surface area (Å²) in [6.07, 6.45) is -1.30. The summed E-state index contributed by atoms with van der Waals surface area (Å²) in [4.78, 5) is 66.3. The van der Waals surface area contributed by atoms with Gasteiger partial charge in [0, 0.05) is 38.3 Å². The van der Waals surface area contributed by atoms with Gasteiger partial charge in [-0.1, -0.05) is 13.8 Å². The van der Waals surface area contributed by atoms with Crippen molar-refractivity contribution in [3.63, 3.8) is 0 Å². The lowest BCUT2D eigenvalue weighted by Gasteiger charge is -2.32. The summed E-state index contributed by atoms with van der Waals surface area (Å²) in [5, 5.41) is 33.1. The molecule has 2 aromatic heterocycles. The summed E-state index contributed by atoms with van der Waals surface area (Å²) in [6.45, 7) is 8.85. The molecule has 58 heavy (non-hydrogen) atoms. The Morgan fingerprint density at radius 3 is 1.55 bits per heavy atom. The van der Waals surface area contributed by atoms with Gasteiger partial charge >= 0.3 is 0 Å². The fourth-order valence-corrected chi connectivity index (χ4v) is 7.89. The van der Waals surface area contributed by atoms with E-state index >= 15 is 0 Å². The second-order valence-corrected chi connectivity index (χ2v) is 15.9. The third kappa shape index (κ3) is 8.69. The van der Waals surface area contributed by atoms with Gasteiger partial charge in [-0.05, 0) is 77.9 Å². The molecule has 8 atom stereocenters. The van der Waals surface area contributed by atoms with Gasteiger partial charge in [0.05, 0.1) is 58.4 Å². The van der Waals surface area contributed by atoms with E-state index in [9.17, 15) is 38.2 Å². The first-order valence-electron chi connectivity index (χ1n) is 19.7. The second kappa shape index (κ2) is 17.4. The number of hydrogen-bond acceptors (Lipinski definition) is 10. The number of rotatable bonds is 14. The van der Waals surface area contributed by atoms with Crippen LogP contribution in [-0.2, 0) is 32.3 Å².